The third kappa shape index (κ3) is 3.75. The topological polar surface area (TPSA) is 58.2 Å². The van der Waals surface area contributed by atoms with Crippen LogP contribution in [0, 0.1) is 22.9 Å². The molecular formula is C13H17F3N2O2S. The second-order valence-corrected chi connectivity index (χ2v) is 7.32. The molecule has 0 amide bonds. The molecule has 0 radical (unpaired) electrons. The Kier molecular flexibility index (Phi) is 4.60. The van der Waals surface area contributed by atoms with Crippen LogP contribution < -0.4 is 10.0 Å². The van der Waals surface area contributed by atoms with E-state index < -0.39 is 32.4 Å². The van der Waals surface area contributed by atoms with E-state index in [0.29, 0.717) is 6.07 Å². The molecule has 1 aliphatic heterocycles. The Balaban J connectivity index is 2.17. The molecule has 0 bridgehead atoms. The zero-order chi connectivity index (χ0) is 15.7. The highest BCUT2D eigenvalue weighted by molar-refractivity contribution is 7.89. The van der Waals surface area contributed by atoms with Gasteiger partial charge in [-0.05, 0) is 37.4 Å². The van der Waals surface area contributed by atoms with E-state index in [2.05, 4.69) is 10.0 Å². The fourth-order valence-corrected chi connectivity index (χ4v) is 3.53. The maximum atomic E-state index is 13.6. The molecule has 1 fully saturated rings. The molecule has 2 rings (SSSR count). The van der Waals surface area contributed by atoms with Crippen molar-refractivity contribution in [3.05, 3.63) is 29.6 Å². The summed E-state index contributed by atoms with van der Waals surface area (Å²) in [5.41, 5.74) is -0.243. The predicted molar refractivity (Wildman–Crippen MR) is 71.7 cm³/mol. The van der Waals surface area contributed by atoms with Crippen LogP contribution in [0.25, 0.3) is 0 Å². The molecule has 0 aliphatic carbocycles. The van der Waals surface area contributed by atoms with Crippen molar-refractivity contribution in [2.24, 2.45) is 5.41 Å². The van der Waals surface area contributed by atoms with E-state index in [1.54, 1.807) is 0 Å². The highest BCUT2D eigenvalue weighted by Crippen LogP contribution is 2.27. The van der Waals surface area contributed by atoms with Gasteiger partial charge in [0.1, 0.15) is 10.7 Å². The zero-order valence-electron chi connectivity index (χ0n) is 11.5. The number of sulfonamides is 1. The summed E-state index contributed by atoms with van der Waals surface area (Å²) >= 11 is 0. The molecule has 0 unspecified atom stereocenters. The van der Waals surface area contributed by atoms with Crippen LogP contribution in [-0.4, -0.2) is 28.1 Å². The molecule has 1 saturated heterocycles. The lowest BCUT2D eigenvalue weighted by Crippen LogP contribution is -2.43. The number of halogens is 3. The molecule has 1 aromatic rings. The van der Waals surface area contributed by atoms with E-state index in [0.717, 1.165) is 25.9 Å². The molecule has 1 aliphatic rings. The Morgan fingerprint density at radius 2 is 1.71 bits per heavy atom. The Bertz CT molecular complexity index is 629. The van der Waals surface area contributed by atoms with Crippen LogP contribution in [-0.2, 0) is 10.0 Å². The second-order valence-electron chi connectivity index (χ2n) is 5.58. The van der Waals surface area contributed by atoms with E-state index in [-0.39, 0.29) is 18.0 Å². The van der Waals surface area contributed by atoms with Crippen molar-refractivity contribution < 1.29 is 21.6 Å². The first-order valence-corrected chi connectivity index (χ1v) is 8.07. The highest BCUT2D eigenvalue weighted by atomic mass is 32.2. The maximum Gasteiger partial charge on any atom is 0.243 e. The minimum Gasteiger partial charge on any atom is -0.317 e. The summed E-state index contributed by atoms with van der Waals surface area (Å²) in [6, 6.07) is 0.591. The minimum absolute atomic E-state index is 0.120. The summed E-state index contributed by atoms with van der Waals surface area (Å²) in [7, 11) is -4.22. The second kappa shape index (κ2) is 5.94. The lowest BCUT2D eigenvalue weighted by atomic mass is 9.81. The lowest BCUT2D eigenvalue weighted by Gasteiger charge is -2.34. The van der Waals surface area contributed by atoms with Crippen LogP contribution in [0.3, 0.4) is 0 Å². The van der Waals surface area contributed by atoms with E-state index in [1.807, 2.05) is 6.92 Å². The maximum absolute atomic E-state index is 13.6. The monoisotopic (exact) mass is 322 g/mol. The van der Waals surface area contributed by atoms with Crippen molar-refractivity contribution in [1.82, 2.24) is 10.0 Å². The largest absolute Gasteiger partial charge is 0.317 e. The first kappa shape index (κ1) is 16.3. The summed E-state index contributed by atoms with van der Waals surface area (Å²) < 4.78 is 65.9. The SMILES string of the molecule is CC1(CNS(=O)(=O)c2cc(F)c(F)cc2F)CCNCC1. The molecule has 0 spiro atoms. The quantitative estimate of drug-likeness (QED) is 0.831. The van der Waals surface area contributed by atoms with Gasteiger partial charge in [0, 0.05) is 12.6 Å². The Labute approximate surface area is 121 Å². The summed E-state index contributed by atoms with van der Waals surface area (Å²) in [4.78, 5) is -0.876. The highest BCUT2D eigenvalue weighted by Gasteiger charge is 2.30. The number of nitrogens with one attached hydrogen (secondary N) is 2. The van der Waals surface area contributed by atoms with Gasteiger partial charge in [-0.2, -0.15) is 0 Å². The summed E-state index contributed by atoms with van der Waals surface area (Å²) in [6.07, 6.45) is 1.55. The third-order valence-electron chi connectivity index (χ3n) is 3.76. The van der Waals surface area contributed by atoms with Gasteiger partial charge in [-0.25, -0.2) is 26.3 Å². The predicted octanol–water partition coefficient (Wildman–Crippen LogP) is 1.77. The molecule has 21 heavy (non-hydrogen) atoms. The first-order chi connectivity index (χ1) is 9.73. The van der Waals surface area contributed by atoms with E-state index in [4.69, 9.17) is 0 Å². The van der Waals surface area contributed by atoms with Gasteiger partial charge in [-0.3, -0.25) is 0 Å². The number of piperidine rings is 1. The average Bonchev–Trinajstić information content (AvgIpc) is 2.42. The van der Waals surface area contributed by atoms with Crippen LogP contribution in [0.1, 0.15) is 19.8 Å². The van der Waals surface area contributed by atoms with Gasteiger partial charge in [-0.1, -0.05) is 6.92 Å². The van der Waals surface area contributed by atoms with E-state index >= 15 is 0 Å². The van der Waals surface area contributed by atoms with Gasteiger partial charge < -0.3 is 5.32 Å². The van der Waals surface area contributed by atoms with Crippen LogP contribution >= 0.6 is 0 Å². The van der Waals surface area contributed by atoms with Crippen molar-refractivity contribution in [1.29, 1.82) is 0 Å². The van der Waals surface area contributed by atoms with Gasteiger partial charge in [0.2, 0.25) is 10.0 Å². The molecular weight excluding hydrogens is 305 g/mol. The smallest absolute Gasteiger partial charge is 0.243 e. The van der Waals surface area contributed by atoms with Crippen LogP contribution in [0.2, 0.25) is 0 Å². The van der Waals surface area contributed by atoms with E-state index in [1.165, 1.54) is 0 Å². The van der Waals surface area contributed by atoms with Crippen molar-refractivity contribution in [3.63, 3.8) is 0 Å². The normalized spacial score (nSPS) is 18.7. The average molecular weight is 322 g/mol. The van der Waals surface area contributed by atoms with Gasteiger partial charge in [0.25, 0.3) is 0 Å². The van der Waals surface area contributed by atoms with Gasteiger partial charge in [-0.15, -0.1) is 0 Å². The minimum atomic E-state index is -4.22. The summed E-state index contributed by atoms with van der Waals surface area (Å²) in [5, 5.41) is 3.16. The molecule has 118 valence electrons. The summed E-state index contributed by atoms with van der Waals surface area (Å²) in [5.74, 6) is -4.13. The Morgan fingerprint density at radius 3 is 2.33 bits per heavy atom. The lowest BCUT2D eigenvalue weighted by molar-refractivity contribution is 0.232. The van der Waals surface area contributed by atoms with Crippen molar-refractivity contribution in [2.75, 3.05) is 19.6 Å². The number of hydrogen-bond donors (Lipinski definition) is 2. The third-order valence-corrected chi connectivity index (χ3v) is 5.18. The van der Waals surface area contributed by atoms with Gasteiger partial charge in [0.15, 0.2) is 11.6 Å². The molecule has 4 nitrogen and oxygen atoms in total. The molecule has 1 heterocycles. The van der Waals surface area contributed by atoms with Crippen molar-refractivity contribution in [2.45, 2.75) is 24.7 Å². The Hall–Kier alpha value is -1.12. The standard InChI is InChI=1S/C13H17F3N2O2S/c1-13(2-4-17-5-3-13)8-18-21(19,20)12-7-10(15)9(14)6-11(12)16/h6-7,17-18H,2-5,8H2,1H3. The number of benzene rings is 1. The molecule has 0 saturated carbocycles. The number of rotatable bonds is 4. The van der Waals surface area contributed by atoms with Crippen LogP contribution in [0.5, 0.6) is 0 Å². The van der Waals surface area contributed by atoms with Gasteiger partial charge >= 0.3 is 0 Å². The molecule has 0 atom stereocenters. The zero-order valence-corrected chi connectivity index (χ0v) is 12.4. The fraction of sp³-hybridized carbons (Fsp3) is 0.538. The van der Waals surface area contributed by atoms with Crippen LogP contribution in [0.4, 0.5) is 13.2 Å². The van der Waals surface area contributed by atoms with E-state index in [9.17, 15) is 21.6 Å². The van der Waals surface area contributed by atoms with Crippen LogP contribution in [0.15, 0.2) is 17.0 Å². The summed E-state index contributed by atoms with van der Waals surface area (Å²) in [6.45, 7) is 3.60. The molecule has 8 heteroatoms. The molecule has 0 aromatic heterocycles. The molecule has 2 N–H and O–H groups in total. The van der Waals surface area contributed by atoms with Crippen molar-refractivity contribution >= 4 is 10.0 Å². The molecule has 1 aromatic carbocycles. The number of hydrogen-bond acceptors (Lipinski definition) is 3. The Morgan fingerprint density at radius 1 is 1.14 bits per heavy atom. The fourth-order valence-electron chi connectivity index (χ4n) is 2.26. The first-order valence-electron chi connectivity index (χ1n) is 6.58. The van der Waals surface area contributed by atoms with Gasteiger partial charge in [0.05, 0.1) is 0 Å². The van der Waals surface area contributed by atoms with Crippen molar-refractivity contribution in [3.8, 4) is 0 Å².